The molecule has 1 aliphatic heterocycles. The predicted molar refractivity (Wildman–Crippen MR) is 122 cm³/mol. The van der Waals surface area contributed by atoms with Crippen LogP contribution in [0.3, 0.4) is 0 Å². The minimum Gasteiger partial charge on any atom is -0.348 e. The van der Waals surface area contributed by atoms with Crippen LogP contribution in [0.5, 0.6) is 0 Å². The highest BCUT2D eigenvalue weighted by atomic mass is 35.5. The Kier molecular flexibility index (Phi) is 6.24. The van der Waals surface area contributed by atoms with E-state index in [1.165, 1.54) is 23.5 Å². The molecule has 32 heavy (non-hydrogen) atoms. The molecule has 1 unspecified atom stereocenters. The highest BCUT2D eigenvalue weighted by Gasteiger charge is 2.32. The Bertz CT molecular complexity index is 1220. The number of nitro groups is 1. The quantitative estimate of drug-likeness (QED) is 0.480. The van der Waals surface area contributed by atoms with Gasteiger partial charge in [-0.1, -0.05) is 11.6 Å². The summed E-state index contributed by atoms with van der Waals surface area (Å²) in [6.45, 7) is 0. The van der Waals surface area contributed by atoms with Gasteiger partial charge in [0.25, 0.3) is 17.5 Å². The first-order valence-corrected chi connectivity index (χ1v) is 13.1. The number of carbonyl (C=O) groups is 2. The zero-order valence-corrected chi connectivity index (χ0v) is 19.2. The van der Waals surface area contributed by atoms with Crippen molar-refractivity contribution < 1.29 is 22.9 Å². The minimum absolute atomic E-state index is 0.0403. The number of thiophene rings is 1. The number of nitrogens with zero attached hydrogens (tertiary/aromatic N) is 1. The van der Waals surface area contributed by atoms with Crippen molar-refractivity contribution in [1.29, 1.82) is 0 Å². The number of sulfone groups is 1. The Morgan fingerprint density at radius 3 is 2.62 bits per heavy atom. The maximum atomic E-state index is 13.1. The summed E-state index contributed by atoms with van der Waals surface area (Å²) in [5, 5.41) is 16.9. The highest BCUT2D eigenvalue weighted by molar-refractivity contribution is 7.91. The summed E-state index contributed by atoms with van der Waals surface area (Å²) in [6.07, 6.45) is 3.74. The fraction of sp³-hybridized carbons (Fsp3) is 0.400. The standard InChI is InChI=1S/C20H20ClN3O6S2/c21-14-6-5-11(9-15(14)24(27)28)18(25)23-20-17(13-3-1-2-4-16(13)31-20)19(26)22-12-7-8-32(29,30)10-12/h5-6,9,12H,1-4,7-8,10H2,(H,22,26)(H,23,25). The first-order chi connectivity index (χ1) is 15.1. The number of carbonyl (C=O) groups excluding carboxylic acids is 2. The van der Waals surface area contributed by atoms with Crippen LogP contribution in [0.2, 0.25) is 5.02 Å². The van der Waals surface area contributed by atoms with Crippen molar-refractivity contribution >= 4 is 55.3 Å². The smallest absolute Gasteiger partial charge is 0.288 e. The van der Waals surface area contributed by atoms with Crippen LogP contribution in [0.4, 0.5) is 10.7 Å². The molecule has 1 atom stereocenters. The third kappa shape index (κ3) is 4.64. The number of benzene rings is 1. The predicted octanol–water partition coefficient (Wildman–Crippen LogP) is 3.36. The Hall–Kier alpha value is -2.50. The SMILES string of the molecule is O=C(Nc1sc2c(c1C(=O)NC1CCS(=O)(=O)C1)CCCC2)c1ccc(Cl)c([N+](=O)[O-])c1. The van der Waals surface area contributed by atoms with Gasteiger partial charge < -0.3 is 10.6 Å². The Morgan fingerprint density at radius 1 is 1.19 bits per heavy atom. The largest absolute Gasteiger partial charge is 0.348 e. The molecule has 1 aromatic heterocycles. The van der Waals surface area contributed by atoms with Crippen LogP contribution in [0.25, 0.3) is 0 Å². The summed E-state index contributed by atoms with van der Waals surface area (Å²) in [4.78, 5) is 37.4. The molecule has 1 saturated heterocycles. The summed E-state index contributed by atoms with van der Waals surface area (Å²) in [6, 6.07) is 3.28. The second-order valence-corrected chi connectivity index (χ2v) is 11.6. The molecule has 2 aliphatic rings. The second-order valence-electron chi connectivity index (χ2n) is 7.87. The van der Waals surface area contributed by atoms with E-state index >= 15 is 0 Å². The monoisotopic (exact) mass is 497 g/mol. The molecule has 0 radical (unpaired) electrons. The number of nitrogens with one attached hydrogen (secondary N) is 2. The van der Waals surface area contributed by atoms with Crippen LogP contribution >= 0.6 is 22.9 Å². The molecule has 170 valence electrons. The third-order valence-corrected chi connectivity index (χ3v) is 8.89. The van der Waals surface area contributed by atoms with Gasteiger partial charge in [-0.2, -0.15) is 0 Å². The molecule has 1 aliphatic carbocycles. The van der Waals surface area contributed by atoms with Gasteiger partial charge in [-0.05, 0) is 49.8 Å². The van der Waals surface area contributed by atoms with Crippen LogP contribution in [0, 0.1) is 10.1 Å². The second kappa shape index (κ2) is 8.80. The minimum atomic E-state index is -3.15. The zero-order valence-electron chi connectivity index (χ0n) is 16.9. The molecule has 1 fully saturated rings. The fourth-order valence-electron chi connectivity index (χ4n) is 4.03. The van der Waals surface area contributed by atoms with E-state index in [0.717, 1.165) is 35.8 Å². The van der Waals surface area contributed by atoms with Crippen molar-refractivity contribution in [3.8, 4) is 0 Å². The van der Waals surface area contributed by atoms with Crippen LogP contribution in [0.1, 0.15) is 50.4 Å². The van der Waals surface area contributed by atoms with Crippen LogP contribution in [-0.2, 0) is 22.7 Å². The molecule has 9 nitrogen and oxygen atoms in total. The molecular formula is C20H20ClN3O6S2. The molecule has 0 spiro atoms. The van der Waals surface area contributed by atoms with Crippen molar-refractivity contribution in [2.75, 3.05) is 16.8 Å². The number of fused-ring (bicyclic) bond motifs is 1. The van der Waals surface area contributed by atoms with Crippen molar-refractivity contribution in [3.05, 3.63) is 54.9 Å². The maximum Gasteiger partial charge on any atom is 0.288 e. The van der Waals surface area contributed by atoms with Crippen molar-refractivity contribution in [2.24, 2.45) is 0 Å². The van der Waals surface area contributed by atoms with E-state index in [0.29, 0.717) is 23.4 Å². The molecule has 2 aromatic rings. The van der Waals surface area contributed by atoms with Gasteiger partial charge in [0.1, 0.15) is 10.0 Å². The summed E-state index contributed by atoms with van der Waals surface area (Å²) >= 11 is 7.14. The number of anilines is 1. The lowest BCUT2D eigenvalue weighted by molar-refractivity contribution is -0.384. The summed E-state index contributed by atoms with van der Waals surface area (Å²) in [5.74, 6) is -1.07. The van der Waals surface area contributed by atoms with Gasteiger partial charge in [-0.15, -0.1) is 11.3 Å². The van der Waals surface area contributed by atoms with Gasteiger partial charge in [0, 0.05) is 22.5 Å². The van der Waals surface area contributed by atoms with Crippen molar-refractivity contribution in [2.45, 2.75) is 38.1 Å². The molecule has 2 N–H and O–H groups in total. The summed E-state index contributed by atoms with van der Waals surface area (Å²) in [5.41, 5.74) is 0.883. The van der Waals surface area contributed by atoms with E-state index in [4.69, 9.17) is 11.6 Å². The van der Waals surface area contributed by atoms with Gasteiger partial charge in [-0.3, -0.25) is 19.7 Å². The normalized spacial score (nSPS) is 19.2. The van der Waals surface area contributed by atoms with Gasteiger partial charge in [0.05, 0.1) is 22.0 Å². The summed E-state index contributed by atoms with van der Waals surface area (Å²) in [7, 11) is -3.15. The molecule has 0 saturated carbocycles. The number of hydrogen-bond donors (Lipinski definition) is 2. The Morgan fingerprint density at radius 2 is 1.94 bits per heavy atom. The van der Waals surface area contributed by atoms with Crippen molar-refractivity contribution in [1.82, 2.24) is 5.32 Å². The van der Waals surface area contributed by atoms with Gasteiger partial charge >= 0.3 is 0 Å². The molecule has 1 aromatic carbocycles. The lowest BCUT2D eigenvalue weighted by atomic mass is 9.95. The first-order valence-electron chi connectivity index (χ1n) is 10.1. The van der Waals surface area contributed by atoms with Gasteiger partial charge in [-0.25, -0.2) is 8.42 Å². The van der Waals surface area contributed by atoms with Crippen LogP contribution in [-0.4, -0.2) is 42.7 Å². The van der Waals surface area contributed by atoms with E-state index in [-0.39, 0.29) is 27.8 Å². The van der Waals surface area contributed by atoms with Gasteiger partial charge in [0.2, 0.25) is 0 Å². The molecule has 4 rings (SSSR count). The summed E-state index contributed by atoms with van der Waals surface area (Å²) < 4.78 is 23.5. The van der Waals surface area contributed by atoms with Gasteiger partial charge in [0.15, 0.2) is 9.84 Å². The number of amides is 2. The lowest BCUT2D eigenvalue weighted by Gasteiger charge is -2.15. The fourth-order valence-corrected chi connectivity index (χ4v) is 7.17. The highest BCUT2D eigenvalue weighted by Crippen LogP contribution is 2.38. The third-order valence-electron chi connectivity index (χ3n) is 5.60. The molecule has 12 heteroatoms. The number of halogens is 1. The molecule has 2 amide bonds. The number of aryl methyl sites for hydroxylation is 1. The number of nitro benzene ring substituents is 1. The molecule has 2 heterocycles. The van der Waals surface area contributed by atoms with E-state index in [9.17, 15) is 28.1 Å². The average molecular weight is 498 g/mol. The van der Waals surface area contributed by atoms with E-state index in [1.54, 1.807) is 0 Å². The first kappa shape index (κ1) is 22.7. The van der Waals surface area contributed by atoms with Crippen LogP contribution in [0.15, 0.2) is 18.2 Å². The van der Waals surface area contributed by atoms with E-state index < -0.39 is 32.6 Å². The maximum absolute atomic E-state index is 13.1. The topological polar surface area (TPSA) is 135 Å². The van der Waals surface area contributed by atoms with Crippen LogP contribution < -0.4 is 10.6 Å². The molecular weight excluding hydrogens is 478 g/mol. The number of hydrogen-bond acceptors (Lipinski definition) is 7. The average Bonchev–Trinajstić information content (AvgIpc) is 3.26. The molecule has 0 bridgehead atoms. The Labute approximate surface area is 193 Å². The van der Waals surface area contributed by atoms with E-state index in [2.05, 4.69) is 10.6 Å². The van der Waals surface area contributed by atoms with Crippen molar-refractivity contribution in [3.63, 3.8) is 0 Å². The Balaban J connectivity index is 1.62. The lowest BCUT2D eigenvalue weighted by Crippen LogP contribution is -2.36. The van der Waals surface area contributed by atoms with E-state index in [1.807, 2.05) is 0 Å². The zero-order chi connectivity index (χ0) is 23.0. The number of rotatable bonds is 5.